The van der Waals surface area contributed by atoms with Crippen LogP contribution in [0.4, 0.5) is 0 Å². The Morgan fingerprint density at radius 1 is 1.33 bits per heavy atom. The topological polar surface area (TPSA) is 122 Å². The van der Waals surface area contributed by atoms with Gasteiger partial charge in [0.05, 0.1) is 15.9 Å². The summed E-state index contributed by atoms with van der Waals surface area (Å²) in [4.78, 5) is 10.6. The van der Waals surface area contributed by atoms with E-state index in [2.05, 4.69) is 15.9 Å². The summed E-state index contributed by atoms with van der Waals surface area (Å²) in [6.07, 6.45) is -0.0313. The van der Waals surface area contributed by atoms with Crippen LogP contribution in [0.1, 0.15) is 22.5 Å². The van der Waals surface area contributed by atoms with E-state index in [-0.39, 0.29) is 39.5 Å². The number of carboxylic acids is 1. The number of hydrogen-bond donors (Lipinski definition) is 1. The first-order valence-electron chi connectivity index (χ1n) is 5.61. The first-order chi connectivity index (χ1) is 9.84. The lowest BCUT2D eigenvalue weighted by Gasteiger charge is -2.19. The van der Waals surface area contributed by atoms with Crippen molar-refractivity contribution in [3.8, 4) is 12.1 Å². The molecule has 1 rings (SSSR count). The average molecular weight is 392 g/mol. The Morgan fingerprint density at radius 2 is 1.86 bits per heavy atom. The van der Waals surface area contributed by atoms with Gasteiger partial charge in [-0.25, -0.2) is 13.2 Å². The number of carboxylic acid groups (broad SMARTS) is 1. The molecule has 1 aromatic heterocycles. The molecule has 0 amide bonds. The zero-order valence-corrected chi connectivity index (χ0v) is 13.8. The van der Waals surface area contributed by atoms with Crippen molar-refractivity contribution in [2.75, 3.05) is 13.1 Å². The Kier molecular flexibility index (Phi) is 6.30. The van der Waals surface area contributed by atoms with Crippen molar-refractivity contribution in [2.24, 2.45) is 0 Å². The maximum Gasteiger partial charge on any atom is 0.345 e. The predicted octanol–water partition coefficient (Wildman–Crippen LogP) is 2.03. The SMILES string of the molecule is N#CCCN(CCC#N)S(=O)(=O)c1cc(C(=O)O)sc1Br. The molecule has 0 aromatic carbocycles. The van der Waals surface area contributed by atoms with E-state index in [4.69, 9.17) is 15.6 Å². The van der Waals surface area contributed by atoms with Crippen molar-refractivity contribution in [3.05, 3.63) is 14.7 Å². The third kappa shape index (κ3) is 4.25. The van der Waals surface area contributed by atoms with Crippen molar-refractivity contribution < 1.29 is 18.3 Å². The zero-order chi connectivity index (χ0) is 16.0. The lowest BCUT2D eigenvalue weighted by Crippen LogP contribution is -2.32. The second-order valence-electron chi connectivity index (χ2n) is 3.77. The molecule has 0 atom stereocenters. The van der Waals surface area contributed by atoms with Gasteiger partial charge in [0.25, 0.3) is 0 Å². The number of nitriles is 2. The Labute approximate surface area is 134 Å². The van der Waals surface area contributed by atoms with Crippen LogP contribution in [0.3, 0.4) is 0 Å². The van der Waals surface area contributed by atoms with E-state index >= 15 is 0 Å². The van der Waals surface area contributed by atoms with Gasteiger partial charge in [0.1, 0.15) is 9.77 Å². The number of halogens is 1. The lowest BCUT2D eigenvalue weighted by atomic mass is 10.4. The molecule has 1 heterocycles. The molecule has 112 valence electrons. The van der Waals surface area contributed by atoms with E-state index < -0.39 is 16.0 Å². The van der Waals surface area contributed by atoms with Crippen LogP contribution >= 0.6 is 27.3 Å². The molecule has 0 fully saturated rings. The van der Waals surface area contributed by atoms with Gasteiger partial charge in [-0.2, -0.15) is 14.8 Å². The highest BCUT2D eigenvalue weighted by Crippen LogP contribution is 2.33. The van der Waals surface area contributed by atoms with Gasteiger partial charge in [-0.15, -0.1) is 11.3 Å². The van der Waals surface area contributed by atoms with Crippen LogP contribution in [-0.2, 0) is 10.0 Å². The van der Waals surface area contributed by atoms with E-state index in [1.807, 2.05) is 12.1 Å². The fourth-order valence-corrected chi connectivity index (χ4v) is 5.27. The molecule has 0 unspecified atom stereocenters. The second-order valence-corrected chi connectivity index (χ2v) is 8.05. The molecular weight excluding hydrogens is 382 g/mol. The van der Waals surface area contributed by atoms with Crippen LogP contribution in [0, 0.1) is 22.7 Å². The first-order valence-corrected chi connectivity index (χ1v) is 8.66. The molecule has 0 bridgehead atoms. The van der Waals surface area contributed by atoms with Crippen LogP contribution in [0.5, 0.6) is 0 Å². The summed E-state index contributed by atoms with van der Waals surface area (Å²) in [7, 11) is -3.96. The number of thiophene rings is 1. The Bertz CT molecular complexity index is 697. The van der Waals surface area contributed by atoms with E-state index in [1.54, 1.807) is 0 Å². The van der Waals surface area contributed by atoms with E-state index in [0.717, 1.165) is 21.7 Å². The van der Waals surface area contributed by atoms with Crippen LogP contribution in [0.15, 0.2) is 14.7 Å². The van der Waals surface area contributed by atoms with Gasteiger partial charge in [-0.3, -0.25) is 0 Å². The monoisotopic (exact) mass is 391 g/mol. The molecule has 0 aliphatic rings. The molecule has 0 aliphatic heterocycles. The smallest absolute Gasteiger partial charge is 0.345 e. The molecule has 21 heavy (non-hydrogen) atoms. The minimum absolute atomic E-state index is 0.0157. The van der Waals surface area contributed by atoms with Crippen LogP contribution in [0.25, 0.3) is 0 Å². The van der Waals surface area contributed by atoms with Gasteiger partial charge >= 0.3 is 5.97 Å². The number of carbonyl (C=O) groups is 1. The van der Waals surface area contributed by atoms with Crippen molar-refractivity contribution in [3.63, 3.8) is 0 Å². The third-order valence-corrected chi connectivity index (χ3v) is 6.57. The Hall–Kier alpha value is -1.46. The molecule has 10 heteroatoms. The number of rotatable bonds is 7. The normalized spacial score (nSPS) is 11.0. The first kappa shape index (κ1) is 17.6. The molecule has 0 saturated carbocycles. The third-order valence-electron chi connectivity index (χ3n) is 2.43. The summed E-state index contributed by atoms with van der Waals surface area (Å²) >= 11 is 3.84. The quantitative estimate of drug-likeness (QED) is 0.758. The molecule has 0 spiro atoms. The maximum absolute atomic E-state index is 12.5. The summed E-state index contributed by atoms with van der Waals surface area (Å²) < 4.78 is 26.2. The molecule has 0 aliphatic carbocycles. The highest BCUT2D eigenvalue weighted by atomic mass is 79.9. The fraction of sp³-hybridized carbons (Fsp3) is 0.364. The summed E-state index contributed by atoms with van der Waals surface area (Å²) in [5.41, 5.74) is 0. The van der Waals surface area contributed by atoms with Gasteiger partial charge < -0.3 is 5.11 Å². The fourth-order valence-electron chi connectivity index (χ4n) is 1.47. The van der Waals surface area contributed by atoms with E-state index in [0.29, 0.717) is 0 Å². The van der Waals surface area contributed by atoms with Gasteiger partial charge in [-0.1, -0.05) is 0 Å². The van der Waals surface area contributed by atoms with Crippen molar-refractivity contribution >= 4 is 43.3 Å². The van der Waals surface area contributed by atoms with Crippen molar-refractivity contribution in [1.82, 2.24) is 4.31 Å². The highest BCUT2D eigenvalue weighted by molar-refractivity contribution is 9.11. The predicted molar refractivity (Wildman–Crippen MR) is 78.2 cm³/mol. The molecule has 0 saturated heterocycles. The lowest BCUT2D eigenvalue weighted by molar-refractivity contribution is 0.0702. The van der Waals surface area contributed by atoms with Gasteiger partial charge in [0.15, 0.2) is 0 Å². The highest BCUT2D eigenvalue weighted by Gasteiger charge is 2.29. The summed E-state index contributed by atoms with van der Waals surface area (Å²) in [5, 5.41) is 26.1. The standard InChI is InChI=1S/C11H10BrN3O4S2/c12-10-9(7-8(20-10)11(16)17)21(18,19)15(5-1-3-13)6-2-4-14/h7H,1-2,5-6H2,(H,16,17). The number of nitrogens with zero attached hydrogens (tertiary/aromatic N) is 3. The van der Waals surface area contributed by atoms with Crippen LogP contribution in [-0.4, -0.2) is 36.9 Å². The van der Waals surface area contributed by atoms with Gasteiger partial charge in [-0.05, 0) is 22.0 Å². The van der Waals surface area contributed by atoms with Crippen LogP contribution < -0.4 is 0 Å². The summed E-state index contributed by atoms with van der Waals surface area (Å²) in [6, 6.07) is 4.76. The van der Waals surface area contributed by atoms with E-state index in [1.165, 1.54) is 0 Å². The summed E-state index contributed by atoms with van der Waals surface area (Å²) in [5.74, 6) is -1.22. The largest absolute Gasteiger partial charge is 0.477 e. The number of aromatic carboxylic acids is 1. The number of sulfonamides is 1. The summed E-state index contributed by atoms with van der Waals surface area (Å²) in [6.45, 7) is -0.101. The second kappa shape index (κ2) is 7.52. The number of hydrogen-bond acceptors (Lipinski definition) is 6. The van der Waals surface area contributed by atoms with Gasteiger partial charge in [0.2, 0.25) is 10.0 Å². The minimum Gasteiger partial charge on any atom is -0.477 e. The van der Waals surface area contributed by atoms with Crippen molar-refractivity contribution in [2.45, 2.75) is 17.7 Å². The van der Waals surface area contributed by atoms with E-state index in [9.17, 15) is 13.2 Å². The Morgan fingerprint density at radius 3 is 2.24 bits per heavy atom. The average Bonchev–Trinajstić information content (AvgIpc) is 2.81. The molecule has 7 nitrogen and oxygen atoms in total. The maximum atomic E-state index is 12.5. The zero-order valence-electron chi connectivity index (χ0n) is 10.6. The molecule has 1 aromatic rings. The Balaban J connectivity index is 3.19. The molecule has 0 radical (unpaired) electrons. The molecular formula is C11H10BrN3O4S2. The molecule has 1 N–H and O–H groups in total. The van der Waals surface area contributed by atoms with Gasteiger partial charge in [0, 0.05) is 25.9 Å². The van der Waals surface area contributed by atoms with Crippen LogP contribution in [0.2, 0.25) is 0 Å². The minimum atomic E-state index is -3.96. The van der Waals surface area contributed by atoms with Crippen molar-refractivity contribution in [1.29, 1.82) is 10.5 Å².